The van der Waals surface area contributed by atoms with E-state index in [1.54, 1.807) is 28.4 Å². The van der Waals surface area contributed by atoms with Crippen molar-refractivity contribution in [2.75, 3.05) is 24.6 Å². The fourth-order valence-electron chi connectivity index (χ4n) is 2.50. The Labute approximate surface area is 138 Å². The van der Waals surface area contributed by atoms with Crippen molar-refractivity contribution < 1.29 is 13.9 Å². The number of nitrogens with zero attached hydrogens (tertiary/aromatic N) is 1. The SMILES string of the molecule is NC/C(=C\F)COc1ccc2c(c1)CCN(c1cccs1)C2=O. The Morgan fingerprint density at radius 2 is 2.30 bits per heavy atom. The lowest BCUT2D eigenvalue weighted by Crippen LogP contribution is -2.37. The van der Waals surface area contributed by atoms with Gasteiger partial charge >= 0.3 is 0 Å². The van der Waals surface area contributed by atoms with E-state index in [1.807, 2.05) is 23.6 Å². The number of benzene rings is 1. The summed E-state index contributed by atoms with van der Waals surface area (Å²) in [4.78, 5) is 14.4. The molecule has 1 amide bonds. The zero-order chi connectivity index (χ0) is 16.2. The van der Waals surface area contributed by atoms with Crippen LogP contribution in [0.15, 0.2) is 47.6 Å². The highest BCUT2D eigenvalue weighted by molar-refractivity contribution is 7.14. The van der Waals surface area contributed by atoms with E-state index in [1.165, 1.54) is 0 Å². The molecule has 6 heteroatoms. The van der Waals surface area contributed by atoms with E-state index < -0.39 is 0 Å². The molecule has 2 aromatic rings. The van der Waals surface area contributed by atoms with E-state index in [2.05, 4.69) is 0 Å². The average Bonchev–Trinajstić information content (AvgIpc) is 3.10. The maximum Gasteiger partial charge on any atom is 0.259 e. The predicted octanol–water partition coefficient (Wildman–Crippen LogP) is 3.14. The van der Waals surface area contributed by atoms with Crippen LogP contribution in [0.25, 0.3) is 0 Å². The van der Waals surface area contributed by atoms with Gasteiger partial charge in [-0.3, -0.25) is 9.69 Å². The van der Waals surface area contributed by atoms with Crippen LogP contribution in [0, 0.1) is 0 Å². The Hall–Kier alpha value is -2.18. The zero-order valence-electron chi connectivity index (χ0n) is 12.5. The van der Waals surface area contributed by atoms with Gasteiger partial charge in [-0.05, 0) is 47.7 Å². The predicted molar refractivity (Wildman–Crippen MR) is 89.9 cm³/mol. The van der Waals surface area contributed by atoms with Crippen LogP contribution < -0.4 is 15.4 Å². The summed E-state index contributed by atoms with van der Waals surface area (Å²) >= 11 is 1.55. The monoisotopic (exact) mass is 332 g/mol. The number of carbonyl (C=O) groups excluding carboxylic acids is 1. The molecule has 1 aliphatic rings. The average molecular weight is 332 g/mol. The number of halogens is 1. The minimum atomic E-state index is 0.00607. The van der Waals surface area contributed by atoms with Crippen LogP contribution in [-0.2, 0) is 6.42 Å². The third-order valence-electron chi connectivity index (χ3n) is 3.77. The fourth-order valence-corrected chi connectivity index (χ4v) is 3.25. The van der Waals surface area contributed by atoms with Crippen LogP contribution in [0.1, 0.15) is 15.9 Å². The number of nitrogens with two attached hydrogens (primary N) is 1. The topological polar surface area (TPSA) is 55.6 Å². The van der Waals surface area contributed by atoms with Crippen molar-refractivity contribution in [2.24, 2.45) is 5.73 Å². The van der Waals surface area contributed by atoms with Gasteiger partial charge in [0.05, 0.1) is 11.3 Å². The maximum absolute atomic E-state index is 12.6. The summed E-state index contributed by atoms with van der Waals surface area (Å²) in [6.45, 7) is 0.880. The largest absolute Gasteiger partial charge is 0.489 e. The van der Waals surface area contributed by atoms with Crippen molar-refractivity contribution >= 4 is 22.2 Å². The van der Waals surface area contributed by atoms with Crippen molar-refractivity contribution in [2.45, 2.75) is 6.42 Å². The Bertz CT molecular complexity index is 728. The van der Waals surface area contributed by atoms with Crippen LogP contribution in [0.4, 0.5) is 9.39 Å². The van der Waals surface area contributed by atoms with Crippen molar-refractivity contribution in [1.29, 1.82) is 0 Å². The second-order valence-electron chi connectivity index (χ2n) is 5.24. The van der Waals surface area contributed by atoms with Gasteiger partial charge in [-0.15, -0.1) is 11.3 Å². The quantitative estimate of drug-likeness (QED) is 0.915. The van der Waals surface area contributed by atoms with Crippen LogP contribution in [0.3, 0.4) is 0 Å². The van der Waals surface area contributed by atoms with E-state index in [9.17, 15) is 9.18 Å². The Balaban J connectivity index is 1.76. The normalized spacial score (nSPS) is 14.8. The first-order chi connectivity index (χ1) is 11.2. The molecule has 0 spiro atoms. The molecule has 120 valence electrons. The van der Waals surface area contributed by atoms with Gasteiger partial charge in [0.25, 0.3) is 5.91 Å². The number of amides is 1. The van der Waals surface area contributed by atoms with Crippen molar-refractivity contribution in [3.63, 3.8) is 0 Å². The first kappa shape index (κ1) is 15.7. The van der Waals surface area contributed by atoms with E-state index in [4.69, 9.17) is 10.5 Å². The van der Waals surface area contributed by atoms with E-state index >= 15 is 0 Å². The van der Waals surface area contributed by atoms with Gasteiger partial charge in [-0.1, -0.05) is 0 Å². The molecule has 3 rings (SSSR count). The van der Waals surface area contributed by atoms with Crippen LogP contribution in [-0.4, -0.2) is 25.6 Å². The highest BCUT2D eigenvalue weighted by Crippen LogP contribution is 2.29. The highest BCUT2D eigenvalue weighted by atomic mass is 32.1. The van der Waals surface area contributed by atoms with Gasteiger partial charge < -0.3 is 10.5 Å². The molecule has 2 heterocycles. The van der Waals surface area contributed by atoms with Crippen LogP contribution in [0.5, 0.6) is 5.75 Å². The number of hydrogen-bond acceptors (Lipinski definition) is 4. The summed E-state index contributed by atoms with van der Waals surface area (Å²) in [7, 11) is 0. The lowest BCUT2D eigenvalue weighted by Gasteiger charge is -2.27. The lowest BCUT2D eigenvalue weighted by atomic mass is 9.99. The smallest absolute Gasteiger partial charge is 0.259 e. The lowest BCUT2D eigenvalue weighted by molar-refractivity contribution is 0.0981. The standard InChI is InChI=1S/C17H17FN2O2S/c18-9-12(10-19)11-22-14-3-4-15-13(8-14)5-6-20(17(15)21)16-2-1-7-23-16/h1-4,7-9H,5-6,10-11,19H2/b12-9+. The van der Waals surface area contributed by atoms with Gasteiger partial charge in [-0.2, -0.15) is 0 Å². The van der Waals surface area contributed by atoms with E-state index in [0.717, 1.165) is 17.0 Å². The minimum Gasteiger partial charge on any atom is -0.489 e. The molecule has 1 aliphatic heterocycles. The molecule has 0 bridgehead atoms. The number of carbonyl (C=O) groups is 1. The summed E-state index contributed by atoms with van der Waals surface area (Å²) < 4.78 is 18.0. The molecular formula is C17H17FN2O2S. The molecule has 0 atom stereocenters. The van der Waals surface area contributed by atoms with Gasteiger partial charge in [0.2, 0.25) is 0 Å². The molecule has 0 saturated carbocycles. The van der Waals surface area contributed by atoms with Crippen molar-refractivity contribution in [3.8, 4) is 5.75 Å². The van der Waals surface area contributed by atoms with E-state index in [0.29, 0.717) is 29.8 Å². The number of rotatable bonds is 5. The summed E-state index contributed by atoms with van der Waals surface area (Å²) in [5.41, 5.74) is 7.44. The number of hydrogen-bond donors (Lipinski definition) is 1. The third-order valence-corrected chi connectivity index (χ3v) is 4.66. The molecule has 2 N–H and O–H groups in total. The fraction of sp³-hybridized carbons (Fsp3) is 0.235. The molecule has 0 unspecified atom stereocenters. The molecule has 4 nitrogen and oxygen atoms in total. The molecule has 23 heavy (non-hydrogen) atoms. The first-order valence-electron chi connectivity index (χ1n) is 7.32. The zero-order valence-corrected chi connectivity index (χ0v) is 13.3. The Morgan fingerprint density at radius 3 is 3.00 bits per heavy atom. The first-order valence-corrected chi connectivity index (χ1v) is 8.20. The molecule has 0 saturated heterocycles. The van der Waals surface area contributed by atoms with Crippen molar-refractivity contribution in [1.82, 2.24) is 0 Å². The number of anilines is 1. The molecule has 1 aromatic heterocycles. The summed E-state index contributed by atoms with van der Waals surface area (Å²) in [6, 6.07) is 9.25. The Morgan fingerprint density at radius 1 is 1.43 bits per heavy atom. The van der Waals surface area contributed by atoms with E-state index in [-0.39, 0.29) is 19.1 Å². The summed E-state index contributed by atoms with van der Waals surface area (Å²) in [5, 5.41) is 2.92. The Kier molecular flexibility index (Phi) is 4.73. The maximum atomic E-state index is 12.6. The highest BCUT2D eigenvalue weighted by Gasteiger charge is 2.26. The van der Waals surface area contributed by atoms with Gasteiger partial charge in [-0.25, -0.2) is 4.39 Å². The second kappa shape index (κ2) is 6.93. The van der Waals surface area contributed by atoms with Crippen molar-refractivity contribution in [3.05, 3.63) is 58.7 Å². The summed E-state index contributed by atoms with van der Waals surface area (Å²) in [6.07, 6.45) is 1.24. The summed E-state index contributed by atoms with van der Waals surface area (Å²) in [5.74, 6) is 0.625. The number of thiophene rings is 1. The van der Waals surface area contributed by atoms with Crippen LogP contribution in [0.2, 0.25) is 0 Å². The van der Waals surface area contributed by atoms with Gasteiger partial charge in [0.1, 0.15) is 12.4 Å². The molecule has 0 aliphatic carbocycles. The number of ether oxygens (including phenoxy) is 1. The molecular weight excluding hydrogens is 315 g/mol. The minimum absolute atomic E-state index is 0.00607. The molecule has 1 aromatic carbocycles. The van der Waals surface area contributed by atoms with Gasteiger partial charge in [0, 0.05) is 24.2 Å². The second-order valence-corrected chi connectivity index (χ2v) is 6.16. The molecule has 0 radical (unpaired) electrons. The van der Waals surface area contributed by atoms with Crippen LogP contribution >= 0.6 is 11.3 Å². The third kappa shape index (κ3) is 3.28. The molecule has 0 fully saturated rings. The number of fused-ring (bicyclic) bond motifs is 1. The van der Waals surface area contributed by atoms with Gasteiger partial charge in [0.15, 0.2) is 0 Å².